The Morgan fingerprint density at radius 3 is 2.48 bits per heavy atom. The second-order valence-electron chi connectivity index (χ2n) is 6.84. The Morgan fingerprint density at radius 2 is 1.82 bits per heavy atom. The van der Waals surface area contributed by atoms with Crippen molar-refractivity contribution in [3.05, 3.63) is 87.9 Å². The van der Waals surface area contributed by atoms with E-state index in [2.05, 4.69) is 15.6 Å². The smallest absolute Gasteiger partial charge is 0.279 e. The highest BCUT2D eigenvalue weighted by Gasteiger charge is 2.15. The summed E-state index contributed by atoms with van der Waals surface area (Å²) in [6.07, 6.45) is 5.47. The van der Waals surface area contributed by atoms with E-state index in [9.17, 15) is 17.6 Å². The normalized spacial score (nSPS) is 12.0. The van der Waals surface area contributed by atoms with E-state index in [1.807, 2.05) is 6.07 Å². The number of nitrogens with zero attached hydrogens (tertiary/aromatic N) is 2. The van der Waals surface area contributed by atoms with Crippen LogP contribution in [0.5, 0.6) is 0 Å². The van der Waals surface area contributed by atoms with Crippen LogP contribution in [0.3, 0.4) is 0 Å². The van der Waals surface area contributed by atoms with E-state index in [-0.39, 0.29) is 22.7 Å². The number of carbonyl (C=O) groups excluding carboxylic acids is 1. The molecule has 0 atom stereocenters. The zero-order valence-electron chi connectivity index (χ0n) is 16.8. The molecule has 10 heteroatoms. The van der Waals surface area contributed by atoms with Gasteiger partial charge in [0.25, 0.3) is 15.9 Å². The summed E-state index contributed by atoms with van der Waals surface area (Å²) in [5.74, 6) is 1.51. The van der Waals surface area contributed by atoms with E-state index in [0.29, 0.717) is 9.82 Å². The Labute approximate surface area is 198 Å². The first-order valence-corrected chi connectivity index (χ1v) is 12.1. The minimum Gasteiger partial charge on any atom is -0.305 e. The summed E-state index contributed by atoms with van der Waals surface area (Å²) in [7, 11) is -3.90. The number of nitrogens with one attached hydrogen (secondary N) is 1. The van der Waals surface area contributed by atoms with Crippen LogP contribution in [0.4, 0.5) is 10.1 Å². The summed E-state index contributed by atoms with van der Waals surface area (Å²) in [4.78, 5) is 17.3. The molecule has 0 unspecified atom stereocenters. The van der Waals surface area contributed by atoms with Crippen LogP contribution in [0.1, 0.15) is 10.4 Å². The van der Waals surface area contributed by atoms with Gasteiger partial charge >= 0.3 is 0 Å². The number of rotatable bonds is 5. The van der Waals surface area contributed by atoms with Gasteiger partial charge in [-0.25, -0.2) is 12.8 Å². The fourth-order valence-electron chi connectivity index (χ4n) is 3.04. The molecule has 0 saturated heterocycles. The van der Waals surface area contributed by atoms with Crippen molar-refractivity contribution in [3.63, 3.8) is 0 Å². The molecular formula is C23H15ClFN3O3S2. The molecule has 0 aliphatic rings. The number of thiazole rings is 1. The standard InChI is InChI=1S/C23H15ClFN3O3S2/c1-2-13-28-20-12-5-16(24)14-21(20)32-23(28)26-22(29)15-3-8-18(9-4-15)27-33(30,31)19-10-6-17(25)7-11-19/h1,3-12,14,27H,13H2. The molecule has 0 aliphatic carbocycles. The minimum atomic E-state index is -3.90. The molecule has 0 saturated carbocycles. The first kappa shape index (κ1) is 22.7. The van der Waals surface area contributed by atoms with Crippen LogP contribution < -0.4 is 9.52 Å². The summed E-state index contributed by atoms with van der Waals surface area (Å²) in [6, 6.07) is 15.6. The van der Waals surface area contributed by atoms with Gasteiger partial charge in [0.05, 0.1) is 21.7 Å². The molecule has 4 rings (SSSR count). The quantitative estimate of drug-likeness (QED) is 0.405. The zero-order chi connectivity index (χ0) is 23.6. The maximum Gasteiger partial charge on any atom is 0.279 e. The van der Waals surface area contributed by atoms with E-state index in [1.54, 1.807) is 16.7 Å². The van der Waals surface area contributed by atoms with Crippen molar-refractivity contribution < 1.29 is 17.6 Å². The molecule has 33 heavy (non-hydrogen) atoms. The lowest BCUT2D eigenvalue weighted by molar-refractivity contribution is 0.0998. The largest absolute Gasteiger partial charge is 0.305 e. The lowest BCUT2D eigenvalue weighted by atomic mass is 10.2. The number of hydrogen-bond acceptors (Lipinski definition) is 4. The number of hydrogen-bond donors (Lipinski definition) is 1. The Morgan fingerprint density at radius 1 is 1.12 bits per heavy atom. The highest BCUT2D eigenvalue weighted by Crippen LogP contribution is 2.22. The lowest BCUT2D eigenvalue weighted by Gasteiger charge is -2.08. The van der Waals surface area contributed by atoms with Crippen LogP contribution in [-0.2, 0) is 16.6 Å². The molecule has 0 spiro atoms. The number of benzene rings is 3. The van der Waals surface area contributed by atoms with Crippen molar-refractivity contribution in [2.75, 3.05) is 4.72 Å². The molecular weight excluding hydrogens is 485 g/mol. The number of terminal acetylenes is 1. The van der Waals surface area contributed by atoms with Crippen molar-refractivity contribution in [1.29, 1.82) is 0 Å². The Balaban J connectivity index is 1.60. The third kappa shape index (κ3) is 4.98. The van der Waals surface area contributed by atoms with Gasteiger partial charge in [0.15, 0.2) is 4.80 Å². The number of aromatic nitrogens is 1. The Bertz CT molecular complexity index is 1570. The summed E-state index contributed by atoms with van der Waals surface area (Å²) >= 11 is 7.35. The molecule has 1 aromatic heterocycles. The van der Waals surface area contributed by atoms with E-state index in [1.165, 1.54) is 35.6 Å². The average Bonchev–Trinajstić information content (AvgIpc) is 3.10. The third-order valence-corrected chi connectivity index (χ3v) is 7.27. The van der Waals surface area contributed by atoms with E-state index < -0.39 is 21.7 Å². The summed E-state index contributed by atoms with van der Waals surface area (Å²) in [6.45, 7) is 0.234. The molecule has 3 aromatic carbocycles. The van der Waals surface area contributed by atoms with Crippen molar-refractivity contribution in [2.45, 2.75) is 11.4 Å². The van der Waals surface area contributed by atoms with E-state index in [0.717, 1.165) is 34.5 Å². The van der Waals surface area contributed by atoms with Gasteiger partial charge < -0.3 is 4.57 Å². The monoisotopic (exact) mass is 499 g/mol. The molecule has 166 valence electrons. The highest BCUT2D eigenvalue weighted by molar-refractivity contribution is 7.92. The van der Waals surface area contributed by atoms with E-state index >= 15 is 0 Å². The molecule has 1 amide bonds. The topological polar surface area (TPSA) is 80.5 Å². The Kier molecular flexibility index (Phi) is 6.33. The molecule has 1 N–H and O–H groups in total. The van der Waals surface area contributed by atoms with Crippen molar-refractivity contribution >= 4 is 54.8 Å². The fraction of sp³-hybridized carbons (Fsp3) is 0.0435. The van der Waals surface area contributed by atoms with Crippen molar-refractivity contribution in [3.8, 4) is 12.3 Å². The maximum atomic E-state index is 13.1. The van der Waals surface area contributed by atoms with Crippen molar-refractivity contribution in [2.24, 2.45) is 4.99 Å². The van der Waals surface area contributed by atoms with Crippen LogP contribution in [0, 0.1) is 18.2 Å². The first-order valence-electron chi connectivity index (χ1n) is 9.47. The minimum absolute atomic E-state index is 0.0815. The SMILES string of the molecule is C#CCn1c(=NC(=O)c2ccc(NS(=O)(=O)c3ccc(F)cc3)cc2)sc2cc(Cl)ccc21. The lowest BCUT2D eigenvalue weighted by Crippen LogP contribution is -2.16. The molecule has 0 bridgehead atoms. The maximum absolute atomic E-state index is 13.1. The van der Waals surface area contributed by atoms with Crippen LogP contribution in [0.15, 0.2) is 76.6 Å². The van der Waals surface area contributed by atoms with Crippen LogP contribution in [0.25, 0.3) is 10.2 Å². The Hall–Kier alpha value is -3.45. The molecule has 6 nitrogen and oxygen atoms in total. The summed E-state index contributed by atoms with van der Waals surface area (Å²) < 4.78 is 42.9. The van der Waals surface area contributed by atoms with Gasteiger partial charge in [-0.3, -0.25) is 9.52 Å². The number of sulfonamides is 1. The number of halogens is 2. The van der Waals surface area contributed by atoms with Gasteiger partial charge in [-0.1, -0.05) is 28.9 Å². The van der Waals surface area contributed by atoms with Gasteiger partial charge in [-0.15, -0.1) is 6.42 Å². The molecule has 1 heterocycles. The van der Waals surface area contributed by atoms with Crippen LogP contribution in [-0.4, -0.2) is 18.9 Å². The number of carbonyl (C=O) groups is 1. The van der Waals surface area contributed by atoms with Crippen LogP contribution in [0.2, 0.25) is 5.02 Å². The van der Waals surface area contributed by atoms with Gasteiger partial charge in [-0.05, 0) is 66.7 Å². The highest BCUT2D eigenvalue weighted by atomic mass is 35.5. The molecule has 0 radical (unpaired) electrons. The summed E-state index contributed by atoms with van der Waals surface area (Å²) in [5.41, 5.74) is 1.33. The second-order valence-corrected chi connectivity index (χ2v) is 9.97. The molecule has 0 fully saturated rings. The zero-order valence-corrected chi connectivity index (χ0v) is 19.2. The predicted molar refractivity (Wildman–Crippen MR) is 127 cm³/mol. The fourth-order valence-corrected chi connectivity index (χ4v) is 5.40. The van der Waals surface area contributed by atoms with Gasteiger partial charge in [0, 0.05) is 16.3 Å². The second kappa shape index (κ2) is 9.19. The van der Waals surface area contributed by atoms with Crippen LogP contribution >= 0.6 is 22.9 Å². The van der Waals surface area contributed by atoms with Gasteiger partial charge in [-0.2, -0.15) is 4.99 Å². The predicted octanol–water partition coefficient (Wildman–Crippen LogP) is 4.67. The number of amides is 1. The molecule has 0 aliphatic heterocycles. The number of anilines is 1. The van der Waals surface area contributed by atoms with Gasteiger partial charge in [0.1, 0.15) is 5.82 Å². The van der Waals surface area contributed by atoms with E-state index in [4.69, 9.17) is 18.0 Å². The van der Waals surface area contributed by atoms with Crippen molar-refractivity contribution in [1.82, 2.24) is 4.57 Å². The third-order valence-electron chi connectivity index (χ3n) is 4.60. The molecule has 4 aromatic rings. The average molecular weight is 500 g/mol. The van der Waals surface area contributed by atoms with Gasteiger partial charge in [0.2, 0.25) is 0 Å². The first-order chi connectivity index (χ1) is 15.8. The number of fused-ring (bicyclic) bond motifs is 1. The summed E-state index contributed by atoms with van der Waals surface area (Å²) in [5, 5.41) is 0.563.